The number of aromatic nitrogens is 1. The first kappa shape index (κ1) is 12.6. The lowest BCUT2D eigenvalue weighted by molar-refractivity contribution is -0.123. The van der Waals surface area contributed by atoms with Gasteiger partial charge in [-0.3, -0.25) is 4.79 Å². The zero-order valence-corrected chi connectivity index (χ0v) is 11.3. The number of carboxylic acid groups (broad SMARTS) is 1. The molecule has 2 atom stereocenters. The number of hydrogen-bond acceptors (Lipinski definition) is 4. The molecule has 2 aliphatic carbocycles. The minimum Gasteiger partial charge on any atom is -0.476 e. The summed E-state index contributed by atoms with van der Waals surface area (Å²) in [6, 6.07) is 0. The van der Waals surface area contributed by atoms with Crippen molar-refractivity contribution in [3.8, 4) is 0 Å². The number of carbonyl (C=O) groups excluding carboxylic acids is 1. The van der Waals surface area contributed by atoms with Crippen molar-refractivity contribution in [1.29, 1.82) is 0 Å². The van der Waals surface area contributed by atoms with Crippen LogP contribution in [0.25, 0.3) is 0 Å². The van der Waals surface area contributed by atoms with Gasteiger partial charge in [-0.05, 0) is 24.7 Å². The van der Waals surface area contributed by atoms with Crippen molar-refractivity contribution in [2.24, 2.45) is 17.8 Å². The van der Waals surface area contributed by atoms with Crippen LogP contribution in [0.3, 0.4) is 0 Å². The lowest BCUT2D eigenvalue weighted by atomic mass is 10.0. The zero-order chi connectivity index (χ0) is 13.4. The number of nitrogens with zero attached hydrogens (tertiary/aromatic N) is 1. The highest BCUT2D eigenvalue weighted by atomic mass is 32.1. The highest BCUT2D eigenvalue weighted by Gasteiger charge is 2.54. The van der Waals surface area contributed by atoms with Crippen LogP contribution in [0, 0.1) is 17.8 Å². The van der Waals surface area contributed by atoms with E-state index in [0.29, 0.717) is 23.4 Å². The molecule has 1 aromatic rings. The minimum absolute atomic E-state index is 0.0503. The first-order valence-corrected chi connectivity index (χ1v) is 7.50. The van der Waals surface area contributed by atoms with Crippen LogP contribution in [0.4, 0.5) is 0 Å². The first-order chi connectivity index (χ1) is 9.16. The third-order valence-electron chi connectivity index (χ3n) is 4.14. The molecule has 5 nitrogen and oxygen atoms in total. The van der Waals surface area contributed by atoms with Gasteiger partial charge < -0.3 is 10.4 Å². The van der Waals surface area contributed by atoms with Crippen molar-refractivity contribution in [2.45, 2.75) is 32.2 Å². The van der Waals surface area contributed by atoms with E-state index in [1.807, 2.05) is 0 Å². The standard InChI is InChI=1S/C13H16N2O3S/c16-12(11-7-3-1-2-4-8(7)11)14-5-10-15-9(6-19-10)13(17)18/h6-8,11H,1-5H2,(H,14,16)(H,17,18)/t7-,8-/m1/s1. The maximum atomic E-state index is 12.0. The van der Waals surface area contributed by atoms with Gasteiger partial charge in [0.25, 0.3) is 0 Å². The van der Waals surface area contributed by atoms with Crippen molar-refractivity contribution >= 4 is 23.2 Å². The topological polar surface area (TPSA) is 79.3 Å². The van der Waals surface area contributed by atoms with E-state index in [9.17, 15) is 9.59 Å². The molecule has 2 aliphatic rings. The van der Waals surface area contributed by atoms with Crippen molar-refractivity contribution < 1.29 is 14.7 Å². The summed E-state index contributed by atoms with van der Waals surface area (Å²) in [6.07, 6.45) is 4.87. The van der Waals surface area contributed by atoms with Crippen LogP contribution in [0.1, 0.15) is 41.2 Å². The predicted molar refractivity (Wildman–Crippen MR) is 69.9 cm³/mol. The molecule has 1 heterocycles. The lowest BCUT2D eigenvalue weighted by Crippen LogP contribution is -2.25. The Kier molecular flexibility index (Phi) is 3.26. The van der Waals surface area contributed by atoms with Gasteiger partial charge in [-0.25, -0.2) is 9.78 Å². The molecule has 0 saturated heterocycles. The number of nitrogens with one attached hydrogen (secondary N) is 1. The molecular weight excluding hydrogens is 264 g/mol. The summed E-state index contributed by atoms with van der Waals surface area (Å²) in [5.74, 6) is 0.478. The van der Waals surface area contributed by atoms with Crippen LogP contribution >= 0.6 is 11.3 Å². The molecule has 0 aromatic carbocycles. The van der Waals surface area contributed by atoms with Gasteiger partial charge in [0.2, 0.25) is 5.91 Å². The van der Waals surface area contributed by atoms with E-state index in [2.05, 4.69) is 10.3 Å². The van der Waals surface area contributed by atoms with Gasteiger partial charge in [0, 0.05) is 11.3 Å². The summed E-state index contributed by atoms with van der Waals surface area (Å²) >= 11 is 1.27. The number of thiazole rings is 1. The molecule has 0 bridgehead atoms. The Bertz CT molecular complexity index is 502. The SMILES string of the molecule is O=C(O)c1csc(CNC(=O)C2[C@@H]3CCCC[C@@H]23)n1. The average molecular weight is 280 g/mol. The van der Waals surface area contributed by atoms with Crippen molar-refractivity contribution in [3.63, 3.8) is 0 Å². The molecule has 0 aliphatic heterocycles. The average Bonchev–Trinajstić information content (AvgIpc) is 2.93. The maximum Gasteiger partial charge on any atom is 0.355 e. The van der Waals surface area contributed by atoms with Gasteiger partial charge in [-0.15, -0.1) is 11.3 Å². The molecule has 1 amide bonds. The van der Waals surface area contributed by atoms with Gasteiger partial charge in [0.15, 0.2) is 5.69 Å². The van der Waals surface area contributed by atoms with Crippen LogP contribution in [-0.4, -0.2) is 22.0 Å². The molecule has 3 rings (SSSR count). The second-order valence-electron chi connectivity index (χ2n) is 5.29. The smallest absolute Gasteiger partial charge is 0.355 e. The Labute approximate surface area is 115 Å². The number of carbonyl (C=O) groups is 2. The number of aromatic carboxylic acids is 1. The fourth-order valence-electron chi connectivity index (χ4n) is 3.15. The molecule has 102 valence electrons. The molecule has 2 saturated carbocycles. The molecule has 1 aromatic heterocycles. The summed E-state index contributed by atoms with van der Waals surface area (Å²) in [6.45, 7) is 0.340. The van der Waals surface area contributed by atoms with E-state index in [-0.39, 0.29) is 17.5 Å². The van der Waals surface area contributed by atoms with Crippen LogP contribution in [0.15, 0.2) is 5.38 Å². The largest absolute Gasteiger partial charge is 0.476 e. The van der Waals surface area contributed by atoms with Crippen LogP contribution in [0.2, 0.25) is 0 Å². The van der Waals surface area contributed by atoms with Gasteiger partial charge in [-0.1, -0.05) is 12.8 Å². The van der Waals surface area contributed by atoms with E-state index in [1.165, 1.54) is 42.4 Å². The number of amides is 1. The van der Waals surface area contributed by atoms with Gasteiger partial charge >= 0.3 is 5.97 Å². The van der Waals surface area contributed by atoms with E-state index < -0.39 is 5.97 Å². The third kappa shape index (κ3) is 2.49. The number of carboxylic acids is 1. The third-order valence-corrected chi connectivity index (χ3v) is 4.99. The second-order valence-corrected chi connectivity index (χ2v) is 6.23. The zero-order valence-electron chi connectivity index (χ0n) is 10.5. The molecule has 19 heavy (non-hydrogen) atoms. The number of rotatable bonds is 4. The monoisotopic (exact) mass is 280 g/mol. The number of fused-ring (bicyclic) bond motifs is 1. The molecular formula is C13H16N2O3S. The normalized spacial score (nSPS) is 28.5. The first-order valence-electron chi connectivity index (χ1n) is 6.62. The van der Waals surface area contributed by atoms with Gasteiger partial charge in [-0.2, -0.15) is 0 Å². The summed E-state index contributed by atoms with van der Waals surface area (Å²) in [5, 5.41) is 13.8. The fraction of sp³-hybridized carbons (Fsp3) is 0.615. The lowest BCUT2D eigenvalue weighted by Gasteiger charge is -2.04. The van der Waals surface area contributed by atoms with Crippen LogP contribution < -0.4 is 5.32 Å². The van der Waals surface area contributed by atoms with E-state index in [1.54, 1.807) is 0 Å². The van der Waals surface area contributed by atoms with Crippen molar-refractivity contribution in [3.05, 3.63) is 16.1 Å². The van der Waals surface area contributed by atoms with Crippen molar-refractivity contribution in [1.82, 2.24) is 10.3 Å². The van der Waals surface area contributed by atoms with Crippen LogP contribution in [0.5, 0.6) is 0 Å². The quantitative estimate of drug-likeness (QED) is 0.882. The Hall–Kier alpha value is -1.43. The Morgan fingerprint density at radius 3 is 2.63 bits per heavy atom. The van der Waals surface area contributed by atoms with Crippen molar-refractivity contribution in [2.75, 3.05) is 0 Å². The van der Waals surface area contributed by atoms with Gasteiger partial charge in [0.1, 0.15) is 5.01 Å². The summed E-state index contributed by atoms with van der Waals surface area (Å²) < 4.78 is 0. The molecule has 6 heteroatoms. The van der Waals surface area contributed by atoms with E-state index in [0.717, 1.165) is 0 Å². The highest BCUT2D eigenvalue weighted by Crippen LogP contribution is 2.55. The van der Waals surface area contributed by atoms with Crippen LogP contribution in [-0.2, 0) is 11.3 Å². The Morgan fingerprint density at radius 1 is 1.37 bits per heavy atom. The Morgan fingerprint density at radius 2 is 2.05 bits per heavy atom. The van der Waals surface area contributed by atoms with Gasteiger partial charge in [0.05, 0.1) is 6.54 Å². The molecule has 2 N–H and O–H groups in total. The highest BCUT2D eigenvalue weighted by molar-refractivity contribution is 7.09. The summed E-state index contributed by atoms with van der Waals surface area (Å²) in [4.78, 5) is 26.7. The molecule has 0 radical (unpaired) electrons. The maximum absolute atomic E-state index is 12.0. The summed E-state index contributed by atoms with van der Waals surface area (Å²) in [7, 11) is 0. The second kappa shape index (κ2) is 4.92. The van der Waals surface area contributed by atoms with E-state index in [4.69, 9.17) is 5.11 Å². The molecule has 2 fully saturated rings. The Balaban J connectivity index is 1.52. The fourth-order valence-corrected chi connectivity index (χ4v) is 3.86. The van der Waals surface area contributed by atoms with E-state index >= 15 is 0 Å². The predicted octanol–water partition coefficient (Wildman–Crippen LogP) is 1.89. The number of hydrogen-bond donors (Lipinski definition) is 2. The minimum atomic E-state index is -1.03. The molecule has 0 spiro atoms. The molecule has 0 unspecified atom stereocenters. The summed E-state index contributed by atoms with van der Waals surface area (Å²) in [5.41, 5.74) is 0.0503.